The fourth-order valence-corrected chi connectivity index (χ4v) is 2.60. The van der Waals surface area contributed by atoms with Crippen LogP contribution in [0.3, 0.4) is 0 Å². The van der Waals surface area contributed by atoms with Crippen molar-refractivity contribution in [1.29, 1.82) is 0 Å². The summed E-state index contributed by atoms with van der Waals surface area (Å²) in [5.74, 6) is -0.855. The molecular weight excluding hydrogens is 342 g/mol. The van der Waals surface area contributed by atoms with E-state index in [1.807, 2.05) is 6.07 Å². The van der Waals surface area contributed by atoms with Crippen molar-refractivity contribution < 1.29 is 29.3 Å². The molecule has 2 aromatic rings. The number of carbonyl (C=O) groups is 2. The molecule has 3 unspecified atom stereocenters. The average Bonchev–Trinajstić information content (AvgIpc) is 3.43. The molecule has 1 aromatic heterocycles. The summed E-state index contributed by atoms with van der Waals surface area (Å²) >= 11 is 0. The molecule has 1 aliphatic carbocycles. The molecule has 0 saturated carbocycles. The second kappa shape index (κ2) is 6.21. The quantitative estimate of drug-likeness (QED) is 0.679. The van der Waals surface area contributed by atoms with Crippen molar-refractivity contribution in [3.05, 3.63) is 48.3 Å². The number of epoxide rings is 1. The summed E-state index contributed by atoms with van der Waals surface area (Å²) in [6.45, 7) is 0. The summed E-state index contributed by atoms with van der Waals surface area (Å²) < 4.78 is 9.95. The largest absolute Gasteiger partial charge is 0.491 e. The molecule has 1 saturated heterocycles. The molecule has 9 nitrogen and oxygen atoms in total. The van der Waals surface area contributed by atoms with E-state index in [1.165, 1.54) is 0 Å². The molecule has 132 valence electrons. The van der Waals surface area contributed by atoms with Gasteiger partial charge >= 0.3 is 6.09 Å². The Morgan fingerprint density at radius 2 is 2.04 bits per heavy atom. The molecule has 2 heterocycles. The number of aromatic hydroxyl groups is 1. The lowest BCUT2D eigenvalue weighted by atomic mass is 10.0. The standard InChI is InChI=1S/C17H13N3O6/c21-10-6-9(12(22)14-13(10)26-14)19-17(24)25-11-7-18-15(20-16(11)23)8-4-2-1-3-5-8/h1-7,12-14,22H,(H,19,24)(H,18,20,23). The zero-order valence-corrected chi connectivity index (χ0v) is 13.2. The average molecular weight is 355 g/mol. The first kappa shape index (κ1) is 16.2. The number of benzene rings is 1. The number of aliphatic hydroxyl groups excluding tert-OH is 1. The molecule has 2 aliphatic rings. The Morgan fingerprint density at radius 1 is 1.27 bits per heavy atom. The first-order valence-electron chi connectivity index (χ1n) is 7.72. The normalized spacial score (nSPS) is 23.7. The van der Waals surface area contributed by atoms with Crippen LogP contribution in [-0.4, -0.2) is 50.4 Å². The Labute approximate surface area is 146 Å². The lowest BCUT2D eigenvalue weighted by Gasteiger charge is -2.16. The number of hydrogen-bond donors (Lipinski definition) is 3. The van der Waals surface area contributed by atoms with Gasteiger partial charge in [0.05, 0.1) is 11.9 Å². The molecule has 1 amide bonds. The minimum absolute atomic E-state index is 0.0277. The van der Waals surface area contributed by atoms with Crippen LogP contribution in [0, 0.1) is 0 Å². The smallest absolute Gasteiger partial charge is 0.417 e. The summed E-state index contributed by atoms with van der Waals surface area (Å²) in [6, 6.07) is 8.96. The molecule has 4 rings (SSSR count). The monoisotopic (exact) mass is 355 g/mol. The van der Waals surface area contributed by atoms with E-state index in [0.29, 0.717) is 5.56 Å². The van der Waals surface area contributed by atoms with Crippen LogP contribution < -0.4 is 10.1 Å². The Balaban J connectivity index is 1.45. The molecule has 0 bridgehead atoms. The van der Waals surface area contributed by atoms with Crippen molar-refractivity contribution in [2.75, 3.05) is 0 Å². The number of ketones is 1. The fraction of sp³-hybridized carbons (Fsp3) is 0.176. The van der Waals surface area contributed by atoms with Crippen LogP contribution in [0.1, 0.15) is 0 Å². The SMILES string of the molecule is O=C(NC1=CC(=O)C2OC2C1O)Oc1cnc(-c2ccccc2)nc1O. The van der Waals surface area contributed by atoms with Gasteiger partial charge in [-0.05, 0) is 0 Å². The Bertz CT molecular complexity index is 914. The molecular formula is C17H13N3O6. The van der Waals surface area contributed by atoms with E-state index in [1.54, 1.807) is 24.3 Å². The van der Waals surface area contributed by atoms with E-state index in [0.717, 1.165) is 12.3 Å². The third kappa shape index (κ3) is 3.01. The highest BCUT2D eigenvalue weighted by Gasteiger charge is 2.53. The van der Waals surface area contributed by atoms with Crippen molar-refractivity contribution in [2.45, 2.75) is 18.3 Å². The molecule has 0 spiro atoms. The number of nitrogens with zero attached hydrogens (tertiary/aromatic N) is 2. The van der Waals surface area contributed by atoms with E-state index in [4.69, 9.17) is 9.47 Å². The fourth-order valence-electron chi connectivity index (χ4n) is 2.60. The summed E-state index contributed by atoms with van der Waals surface area (Å²) in [4.78, 5) is 31.5. The maximum Gasteiger partial charge on any atom is 0.417 e. The molecule has 3 atom stereocenters. The van der Waals surface area contributed by atoms with Gasteiger partial charge in [-0.3, -0.25) is 10.1 Å². The Kier molecular flexibility index (Phi) is 3.86. The highest BCUT2D eigenvalue weighted by atomic mass is 16.6. The third-order valence-electron chi connectivity index (χ3n) is 3.95. The highest BCUT2D eigenvalue weighted by molar-refractivity contribution is 5.98. The van der Waals surface area contributed by atoms with Gasteiger partial charge in [0.25, 0.3) is 5.88 Å². The van der Waals surface area contributed by atoms with Crippen molar-refractivity contribution in [3.63, 3.8) is 0 Å². The summed E-state index contributed by atoms with van der Waals surface area (Å²) in [5, 5.41) is 22.2. The van der Waals surface area contributed by atoms with Crippen LogP contribution in [0.25, 0.3) is 11.4 Å². The van der Waals surface area contributed by atoms with Crippen molar-refractivity contribution in [1.82, 2.24) is 15.3 Å². The second-order valence-corrected chi connectivity index (χ2v) is 5.73. The molecule has 9 heteroatoms. The zero-order valence-electron chi connectivity index (χ0n) is 13.2. The van der Waals surface area contributed by atoms with Crippen molar-refractivity contribution in [3.8, 4) is 23.0 Å². The molecule has 1 fully saturated rings. The van der Waals surface area contributed by atoms with E-state index in [2.05, 4.69) is 15.3 Å². The number of ether oxygens (including phenoxy) is 2. The lowest BCUT2D eigenvalue weighted by Crippen LogP contribution is -2.38. The van der Waals surface area contributed by atoms with Gasteiger partial charge in [0.15, 0.2) is 11.6 Å². The van der Waals surface area contributed by atoms with E-state index in [9.17, 15) is 19.8 Å². The van der Waals surface area contributed by atoms with E-state index < -0.39 is 30.3 Å². The first-order valence-corrected chi connectivity index (χ1v) is 7.72. The minimum atomic E-state index is -1.13. The second-order valence-electron chi connectivity index (χ2n) is 5.73. The summed E-state index contributed by atoms with van der Waals surface area (Å²) in [6.07, 6.45) is -1.18. The number of fused-ring (bicyclic) bond motifs is 1. The van der Waals surface area contributed by atoms with Gasteiger partial charge in [-0.15, -0.1) is 0 Å². The van der Waals surface area contributed by atoms with Gasteiger partial charge in [0, 0.05) is 11.6 Å². The van der Waals surface area contributed by atoms with Crippen LogP contribution in [0.15, 0.2) is 48.3 Å². The van der Waals surface area contributed by atoms with Crippen LogP contribution in [0.4, 0.5) is 4.79 Å². The maximum absolute atomic E-state index is 12.0. The first-order chi connectivity index (χ1) is 12.5. The topological polar surface area (TPSA) is 134 Å². The van der Waals surface area contributed by atoms with Gasteiger partial charge in [-0.2, -0.15) is 4.98 Å². The van der Waals surface area contributed by atoms with Crippen molar-refractivity contribution >= 4 is 11.9 Å². The molecule has 1 aliphatic heterocycles. The zero-order chi connectivity index (χ0) is 18.3. The summed E-state index contributed by atoms with van der Waals surface area (Å²) in [7, 11) is 0. The predicted molar refractivity (Wildman–Crippen MR) is 86.1 cm³/mol. The van der Waals surface area contributed by atoms with E-state index in [-0.39, 0.29) is 23.1 Å². The molecule has 0 radical (unpaired) electrons. The van der Waals surface area contributed by atoms with Crippen LogP contribution >= 0.6 is 0 Å². The Morgan fingerprint density at radius 3 is 2.77 bits per heavy atom. The third-order valence-corrected chi connectivity index (χ3v) is 3.95. The van der Waals surface area contributed by atoms with Gasteiger partial charge < -0.3 is 19.7 Å². The number of nitrogens with one attached hydrogen (secondary N) is 1. The van der Waals surface area contributed by atoms with Crippen LogP contribution in [0.2, 0.25) is 0 Å². The minimum Gasteiger partial charge on any atom is -0.491 e. The lowest BCUT2D eigenvalue weighted by molar-refractivity contribution is -0.116. The number of carbonyl (C=O) groups excluding carboxylic acids is 2. The van der Waals surface area contributed by atoms with Crippen molar-refractivity contribution in [2.24, 2.45) is 0 Å². The van der Waals surface area contributed by atoms with Gasteiger partial charge in [-0.25, -0.2) is 9.78 Å². The van der Waals surface area contributed by atoms with Gasteiger partial charge in [-0.1, -0.05) is 30.3 Å². The highest BCUT2D eigenvalue weighted by Crippen LogP contribution is 2.33. The van der Waals surface area contributed by atoms with Crippen LogP contribution in [-0.2, 0) is 9.53 Å². The Hall–Kier alpha value is -3.30. The number of aliphatic hydroxyl groups is 1. The van der Waals surface area contributed by atoms with Gasteiger partial charge in [0.1, 0.15) is 18.3 Å². The number of rotatable bonds is 3. The van der Waals surface area contributed by atoms with Crippen LogP contribution in [0.5, 0.6) is 11.6 Å². The maximum atomic E-state index is 12.0. The van der Waals surface area contributed by atoms with E-state index >= 15 is 0 Å². The summed E-state index contributed by atoms with van der Waals surface area (Å²) in [5.41, 5.74) is 0.659. The van der Waals surface area contributed by atoms with Gasteiger partial charge in [0.2, 0.25) is 5.75 Å². The molecule has 3 N–H and O–H groups in total. The molecule has 26 heavy (non-hydrogen) atoms. The number of amides is 1. The number of hydrogen-bond acceptors (Lipinski definition) is 8. The molecule has 1 aromatic carbocycles. The predicted octanol–water partition coefficient (Wildman–Crippen LogP) is 0.532. The number of aromatic nitrogens is 2.